The number of hydrogen-bond donors (Lipinski definition) is 0. The Labute approximate surface area is 243 Å². The number of benzene rings is 3. The van der Waals surface area contributed by atoms with Crippen LogP contribution >= 0.6 is 0 Å². The van der Waals surface area contributed by atoms with E-state index in [-0.39, 0.29) is 6.42 Å². The van der Waals surface area contributed by atoms with Gasteiger partial charge < -0.3 is 4.74 Å². The minimum absolute atomic E-state index is 0.192. The third-order valence-electron chi connectivity index (χ3n) is 7.69. The van der Waals surface area contributed by atoms with Crippen molar-refractivity contribution in [2.75, 3.05) is 13.1 Å². The summed E-state index contributed by atoms with van der Waals surface area (Å²) in [6.45, 7) is 8.37. The molecule has 1 aliphatic heterocycles. The van der Waals surface area contributed by atoms with Crippen molar-refractivity contribution < 1.29 is 22.5 Å². The molecule has 1 heterocycles. The minimum Gasteiger partial charge on any atom is -0.459 e. The molecule has 1 atom stereocenters. The van der Waals surface area contributed by atoms with Gasteiger partial charge in [0.15, 0.2) is 0 Å². The summed E-state index contributed by atoms with van der Waals surface area (Å²) in [7, 11) is -3.09. The highest BCUT2D eigenvalue weighted by atomic mass is 32.2. The Morgan fingerprint density at radius 2 is 1.41 bits per heavy atom. The van der Waals surface area contributed by atoms with Crippen LogP contribution in [0.5, 0.6) is 0 Å². The number of carbonyl (C=O) groups excluding carboxylic acids is 1. The molecule has 3 aromatic rings. The molecule has 0 radical (unpaired) electrons. The van der Waals surface area contributed by atoms with Crippen molar-refractivity contribution in [3.8, 4) is 11.1 Å². The largest absolute Gasteiger partial charge is 0.459 e. The normalized spacial score (nSPS) is 17.5. The molecule has 1 fully saturated rings. The number of nitrogens with zero attached hydrogens (tertiary/aromatic N) is 1. The molecule has 41 heavy (non-hydrogen) atoms. The van der Waals surface area contributed by atoms with E-state index in [1.54, 1.807) is 12.1 Å². The maximum atomic E-state index is 14.6. The highest BCUT2D eigenvalue weighted by Crippen LogP contribution is 2.39. The number of rotatable bonds is 9. The molecule has 0 amide bonds. The highest BCUT2D eigenvalue weighted by molar-refractivity contribution is 8.02. The first-order valence-corrected chi connectivity index (χ1v) is 15.9. The Morgan fingerprint density at radius 3 is 1.93 bits per heavy atom. The van der Waals surface area contributed by atoms with Crippen LogP contribution in [-0.2, 0) is 32.0 Å². The van der Waals surface area contributed by atoms with Crippen molar-refractivity contribution in [2.24, 2.45) is 0 Å². The zero-order valence-electron chi connectivity index (χ0n) is 24.5. The number of alkyl halides is 2. The minimum atomic E-state index is -3.09. The van der Waals surface area contributed by atoms with E-state index in [1.807, 2.05) is 75.4 Å². The highest BCUT2D eigenvalue weighted by Gasteiger charge is 2.51. The van der Waals surface area contributed by atoms with Crippen LogP contribution in [0, 0.1) is 0 Å². The smallest absolute Gasteiger partial charge is 0.325 e. The van der Waals surface area contributed by atoms with Crippen LogP contribution in [-0.4, -0.2) is 50.3 Å². The van der Waals surface area contributed by atoms with E-state index in [0.29, 0.717) is 37.2 Å². The van der Waals surface area contributed by atoms with Gasteiger partial charge >= 0.3 is 5.97 Å². The average molecular weight is 582 g/mol. The molecule has 3 aromatic carbocycles. The fraction of sp³-hybridized carbons (Fsp3) is 0.412. The first kappa shape index (κ1) is 30.9. The molecule has 1 aliphatic rings. The topological polar surface area (TPSA) is 46.6 Å². The van der Waals surface area contributed by atoms with Gasteiger partial charge in [0.25, 0.3) is 0 Å². The van der Waals surface area contributed by atoms with Gasteiger partial charge in [-0.1, -0.05) is 66.7 Å². The van der Waals surface area contributed by atoms with Gasteiger partial charge in [-0.3, -0.25) is 13.9 Å². The molecule has 0 spiro atoms. The molecule has 0 aromatic heterocycles. The van der Waals surface area contributed by atoms with Crippen molar-refractivity contribution in [2.45, 2.75) is 81.1 Å². The predicted molar refractivity (Wildman–Crippen MR) is 164 cm³/mol. The van der Waals surface area contributed by atoms with Crippen LogP contribution in [0.4, 0.5) is 8.78 Å². The molecule has 0 N–H and O–H groups in total. The molecule has 7 heteroatoms. The van der Waals surface area contributed by atoms with Gasteiger partial charge in [0.1, 0.15) is 10.3 Å². The van der Waals surface area contributed by atoms with Crippen LogP contribution < -0.4 is 0 Å². The van der Waals surface area contributed by atoms with Gasteiger partial charge in [-0.2, -0.15) is 0 Å². The summed E-state index contributed by atoms with van der Waals surface area (Å²) in [6.07, 6.45) is 0.887. The second-order valence-corrected chi connectivity index (χ2v) is 14.8. The van der Waals surface area contributed by atoms with E-state index >= 15 is 0 Å². The average Bonchev–Trinajstić information content (AvgIpc) is 2.92. The molecule has 0 saturated carbocycles. The third kappa shape index (κ3) is 7.63. The van der Waals surface area contributed by atoms with Gasteiger partial charge in [0.2, 0.25) is 5.92 Å². The Kier molecular flexibility index (Phi) is 9.10. The van der Waals surface area contributed by atoms with Gasteiger partial charge in [0.05, 0.1) is 0 Å². The summed E-state index contributed by atoms with van der Waals surface area (Å²) in [5.74, 6) is 1.05. The summed E-state index contributed by atoms with van der Waals surface area (Å²) in [5, 5.41) is 0. The predicted octanol–water partition coefficient (Wildman–Crippen LogP) is 7.39. The molecule has 1 unspecified atom stereocenters. The van der Waals surface area contributed by atoms with Crippen LogP contribution in [0.15, 0.2) is 83.8 Å². The third-order valence-corrected chi connectivity index (χ3v) is 10.6. The molecule has 4 rings (SSSR count). The van der Waals surface area contributed by atoms with E-state index in [1.165, 1.54) is 5.56 Å². The van der Waals surface area contributed by atoms with E-state index in [9.17, 15) is 17.8 Å². The van der Waals surface area contributed by atoms with E-state index in [0.717, 1.165) is 30.2 Å². The number of ether oxygens (including phenoxy) is 1. The summed E-state index contributed by atoms with van der Waals surface area (Å²) < 4.78 is 45.7. The van der Waals surface area contributed by atoms with Gasteiger partial charge in [0, 0.05) is 40.5 Å². The number of halogens is 2. The maximum Gasteiger partial charge on any atom is 0.325 e. The molecule has 220 valence electrons. The van der Waals surface area contributed by atoms with Crippen LogP contribution in [0.25, 0.3) is 11.1 Å². The first-order chi connectivity index (χ1) is 19.2. The number of piperidine rings is 1. The summed E-state index contributed by atoms with van der Waals surface area (Å²) in [6, 6.07) is 25.1. The number of likely N-dealkylation sites (tertiary alicyclic amines) is 1. The Balaban J connectivity index is 1.56. The summed E-state index contributed by atoms with van der Waals surface area (Å²) in [4.78, 5) is 16.5. The summed E-state index contributed by atoms with van der Waals surface area (Å²) >= 11 is 0. The Morgan fingerprint density at radius 1 is 0.878 bits per heavy atom. The number of carbonyl (C=O) groups is 1. The van der Waals surface area contributed by atoms with Crippen molar-refractivity contribution in [1.82, 2.24) is 4.90 Å². The van der Waals surface area contributed by atoms with Crippen molar-refractivity contribution in [1.29, 1.82) is 0 Å². The number of hydrogen-bond acceptors (Lipinski definition) is 4. The number of esters is 1. The molecular formula is C34H41F2NO3S. The maximum absolute atomic E-state index is 14.6. The molecule has 1 saturated heterocycles. The second kappa shape index (κ2) is 12.1. The molecule has 0 aliphatic carbocycles. The van der Waals surface area contributed by atoms with Gasteiger partial charge in [-0.25, -0.2) is 8.78 Å². The lowest BCUT2D eigenvalue weighted by atomic mass is 9.95. The zero-order valence-corrected chi connectivity index (χ0v) is 25.3. The lowest BCUT2D eigenvalue weighted by Crippen LogP contribution is -2.55. The van der Waals surface area contributed by atoms with Crippen molar-refractivity contribution in [3.05, 3.63) is 90.0 Å². The molecule has 4 nitrogen and oxygen atoms in total. The quantitative estimate of drug-likeness (QED) is 0.195. The first-order valence-electron chi connectivity index (χ1n) is 14.1. The van der Waals surface area contributed by atoms with Crippen molar-refractivity contribution >= 4 is 21.4 Å². The van der Waals surface area contributed by atoms with E-state index in [2.05, 4.69) is 22.9 Å². The Bertz CT molecular complexity index is 1410. The molecule has 0 bridgehead atoms. The number of aryl methyl sites for hydroxylation is 1. The summed E-state index contributed by atoms with van der Waals surface area (Å²) in [5.41, 5.74) is 3.16. The second-order valence-electron chi connectivity index (χ2n) is 12.2. The lowest BCUT2D eigenvalue weighted by Gasteiger charge is -2.43. The van der Waals surface area contributed by atoms with Crippen LogP contribution in [0.1, 0.15) is 58.1 Å². The lowest BCUT2D eigenvalue weighted by molar-refractivity contribution is -0.159. The Hall–Kier alpha value is -3.03. The van der Waals surface area contributed by atoms with E-state index < -0.39 is 31.8 Å². The van der Waals surface area contributed by atoms with Crippen LogP contribution in [0.2, 0.25) is 0 Å². The SMILES string of the molecule is C=S(=O)(c1ccc(-c2ccc(CCC(C)(F)F)cc2)cc1)C1(C(=O)OC(C)(C)C)CCN(Cc2ccccc2)CC1. The van der Waals surface area contributed by atoms with Gasteiger partial charge in [-0.15, -0.1) is 0 Å². The van der Waals surface area contributed by atoms with E-state index in [4.69, 9.17) is 4.74 Å². The molecular weight excluding hydrogens is 540 g/mol. The fourth-order valence-electron chi connectivity index (χ4n) is 5.27. The fourth-order valence-corrected chi connectivity index (χ4v) is 7.45. The standard InChI is InChI=1S/C34H41F2NO3S/c1-32(2,3)40-31(38)34(21-23-37(24-22-34)25-27-9-7-6-8-10-27)41(5,39)30-17-15-29(16-18-30)28-13-11-26(12-14-28)19-20-33(4,35)36/h6-18H,5,19-25H2,1-4H3. The van der Waals surface area contributed by atoms with Crippen LogP contribution in [0.3, 0.4) is 0 Å². The van der Waals surface area contributed by atoms with Gasteiger partial charge in [-0.05, 0) is 87.2 Å². The zero-order chi connectivity index (χ0) is 29.9. The van der Waals surface area contributed by atoms with Crippen molar-refractivity contribution in [3.63, 3.8) is 0 Å². The monoisotopic (exact) mass is 581 g/mol.